The molecule has 3 aromatic rings. The Morgan fingerprint density at radius 1 is 0.697 bits per heavy atom. The van der Waals surface area contributed by atoms with Crippen molar-refractivity contribution in [3.8, 4) is 0 Å². The fraction of sp³-hybridized carbons (Fsp3) is 0.607. The predicted molar refractivity (Wildman–Crippen MR) is 344 cm³/mol. The molecule has 10 N–H and O–H groups in total. The number of benzene rings is 2. The van der Waals surface area contributed by atoms with Gasteiger partial charge in [0.2, 0.25) is 53.2 Å². The molecule has 89 heavy (non-hydrogen) atoms. The van der Waals surface area contributed by atoms with Crippen molar-refractivity contribution in [3.63, 3.8) is 0 Å². The van der Waals surface area contributed by atoms with Gasteiger partial charge < -0.3 is 67.5 Å². The highest BCUT2D eigenvalue weighted by Crippen LogP contribution is 2.30. The Bertz CT molecular complexity index is 2910. The summed E-state index contributed by atoms with van der Waals surface area (Å²) in [5, 5.41) is 21.6. The molecule has 1 fully saturated rings. The number of likely N-dealkylation sites (tertiary alicyclic amines) is 1. The molecule has 0 saturated carbocycles. The molecule has 2 aromatic carbocycles. The van der Waals surface area contributed by atoms with Crippen LogP contribution in [0.3, 0.4) is 0 Å². The lowest BCUT2D eigenvalue weighted by molar-refractivity contribution is -0.148. The van der Waals surface area contributed by atoms with Gasteiger partial charge in [-0.2, -0.15) is 0 Å². The van der Waals surface area contributed by atoms with Crippen molar-refractivity contribution in [2.45, 2.75) is 134 Å². The topological polar surface area (TPSA) is 347 Å². The van der Waals surface area contributed by atoms with Crippen molar-refractivity contribution in [2.24, 2.45) is 29.4 Å². The third kappa shape index (κ3) is 22.3. The first-order chi connectivity index (χ1) is 42.2. The van der Waals surface area contributed by atoms with Crippen LogP contribution < -0.4 is 48.3 Å². The zero-order valence-corrected chi connectivity index (χ0v) is 56.4. The van der Waals surface area contributed by atoms with Gasteiger partial charge in [-0.3, -0.25) is 52.8 Å². The second-order valence-electron chi connectivity index (χ2n) is 23.2. The summed E-state index contributed by atoms with van der Waals surface area (Å²) < 4.78 is 12.1. The summed E-state index contributed by atoms with van der Waals surface area (Å²) in [7, 11) is 8.44. The van der Waals surface area contributed by atoms with Crippen molar-refractivity contribution in [1.29, 1.82) is 0 Å². The number of ether oxygens (including phenoxy) is 2. The van der Waals surface area contributed by atoms with Crippen LogP contribution in [0.15, 0.2) is 42.5 Å². The van der Waals surface area contributed by atoms with Crippen molar-refractivity contribution in [2.75, 3.05) is 86.5 Å². The van der Waals surface area contributed by atoms with Gasteiger partial charge >= 0.3 is 0 Å². The van der Waals surface area contributed by atoms with E-state index < -0.39 is 117 Å². The van der Waals surface area contributed by atoms with Gasteiger partial charge in [0.25, 0.3) is 5.91 Å². The van der Waals surface area contributed by atoms with Gasteiger partial charge in [0.1, 0.15) is 6.04 Å². The molecule has 1 saturated heterocycles. The number of halogens is 2. The van der Waals surface area contributed by atoms with Crippen LogP contribution in [0.4, 0.5) is 5.69 Å². The first-order valence-corrected chi connectivity index (χ1v) is 32.2. The molecule has 2 heterocycles. The smallest absolute Gasteiger partial charge is 0.251 e. The highest BCUT2D eigenvalue weighted by molar-refractivity contribution is 9.09. The first-order valence-electron chi connectivity index (χ1n) is 30.0. The Hall–Kier alpha value is -6.72. The normalized spacial score (nSPS) is 15.8. The minimum Gasteiger partial charge on any atom is -0.379 e. The SMILES string of the molecule is CC[C@H](C)[C@@H]([C@@H](CC(=O)N1CCC[C@H]1[C@H](OC)[C@@H](C)C(=O)N[C@H](CN)Cc1ccc(NC(=O)CNC(=O)CNC(=O)CNC(=O)CNC(=O)CNC(=O)c2ccc3nc(CBr)c(CBr)nc3c2)cc1)OC)N(C)C(=O)[C@@H](NC(=O)[C@H](C(C)C)N(C)C)C(C)C. The van der Waals surface area contributed by atoms with Crippen molar-refractivity contribution < 1.29 is 57.4 Å². The molecule has 1 aliphatic rings. The number of hydrogen-bond donors (Lipinski definition) is 9. The molecule has 26 nitrogen and oxygen atoms in total. The van der Waals surface area contributed by atoms with E-state index >= 15 is 0 Å². The minimum absolute atomic E-state index is 0.00738. The maximum absolute atomic E-state index is 14.4. The summed E-state index contributed by atoms with van der Waals surface area (Å²) in [5.74, 6) is -5.82. The molecule has 0 bridgehead atoms. The Kier molecular flexibility index (Phi) is 30.9. The number of alkyl halides is 2. The second kappa shape index (κ2) is 36.8. The van der Waals surface area contributed by atoms with Gasteiger partial charge in [0.15, 0.2) is 0 Å². The Morgan fingerprint density at radius 3 is 1.74 bits per heavy atom. The van der Waals surface area contributed by atoms with E-state index in [4.69, 9.17) is 15.2 Å². The third-order valence-corrected chi connectivity index (χ3v) is 16.9. The molecule has 9 atom stereocenters. The highest BCUT2D eigenvalue weighted by atomic mass is 79.9. The van der Waals surface area contributed by atoms with E-state index in [0.29, 0.717) is 59.6 Å². The van der Waals surface area contributed by atoms with Crippen LogP contribution in [0.5, 0.6) is 0 Å². The molecule has 0 aliphatic carbocycles. The number of likely N-dealkylation sites (N-methyl/N-ethyl adjacent to an activating group) is 2. The molecule has 492 valence electrons. The Balaban J connectivity index is 1.19. The lowest BCUT2D eigenvalue weighted by Gasteiger charge is -2.41. The first kappa shape index (κ1) is 74.7. The van der Waals surface area contributed by atoms with Crippen LogP contribution in [-0.2, 0) is 69.7 Å². The monoisotopic (exact) mass is 1370 g/mol. The molecule has 0 spiro atoms. The fourth-order valence-corrected chi connectivity index (χ4v) is 11.8. The number of nitrogens with zero attached hydrogens (tertiary/aromatic N) is 5. The van der Waals surface area contributed by atoms with E-state index in [1.54, 1.807) is 66.2 Å². The number of carbonyl (C=O) groups is 10. The molecule has 1 aromatic heterocycles. The van der Waals surface area contributed by atoms with Crippen LogP contribution in [0, 0.1) is 23.7 Å². The molecular weight excluding hydrogens is 1280 g/mol. The van der Waals surface area contributed by atoms with Crippen molar-refractivity contribution >= 4 is 108 Å². The number of nitrogens with two attached hydrogens (primary N) is 1. The molecule has 0 unspecified atom stereocenters. The number of carbonyl (C=O) groups excluding carboxylic acids is 10. The maximum Gasteiger partial charge on any atom is 0.251 e. The Labute approximate surface area is 538 Å². The number of hydrogen-bond acceptors (Lipinski definition) is 16. The van der Waals surface area contributed by atoms with E-state index in [9.17, 15) is 47.9 Å². The van der Waals surface area contributed by atoms with Gasteiger partial charge in [-0.15, -0.1) is 0 Å². The van der Waals surface area contributed by atoms with E-state index in [2.05, 4.69) is 84.4 Å². The van der Waals surface area contributed by atoms with Crippen molar-refractivity contribution in [3.05, 3.63) is 65.0 Å². The molecule has 1 aliphatic heterocycles. The van der Waals surface area contributed by atoms with Gasteiger partial charge in [0.05, 0.1) is 97.8 Å². The van der Waals surface area contributed by atoms with E-state index in [0.717, 1.165) is 17.0 Å². The zero-order valence-electron chi connectivity index (χ0n) is 53.3. The summed E-state index contributed by atoms with van der Waals surface area (Å²) in [6, 6.07) is 8.97. The molecule has 4 rings (SSSR count). The van der Waals surface area contributed by atoms with Crippen LogP contribution >= 0.6 is 31.9 Å². The number of aromatic nitrogens is 2. The molecule has 0 radical (unpaired) electrons. The quantitative estimate of drug-likeness (QED) is 0.0380. The third-order valence-electron chi connectivity index (χ3n) is 15.8. The van der Waals surface area contributed by atoms with Crippen LogP contribution in [-0.4, -0.2) is 207 Å². The summed E-state index contributed by atoms with van der Waals surface area (Å²) in [5.41, 5.74) is 10.3. The maximum atomic E-state index is 14.4. The summed E-state index contributed by atoms with van der Waals surface area (Å²) in [6.45, 7) is 11.7. The predicted octanol–water partition coefficient (Wildman–Crippen LogP) is 1.89. The number of amides is 10. The van der Waals surface area contributed by atoms with Crippen LogP contribution in [0.1, 0.15) is 101 Å². The number of nitrogens with one attached hydrogen (secondary N) is 8. The minimum atomic E-state index is -0.809. The van der Waals surface area contributed by atoms with Gasteiger partial charge in [-0.25, -0.2) is 9.97 Å². The van der Waals surface area contributed by atoms with Gasteiger partial charge in [-0.1, -0.05) is 98.9 Å². The molecule has 28 heteroatoms. The van der Waals surface area contributed by atoms with Crippen molar-refractivity contribution in [1.82, 2.24) is 61.9 Å². The van der Waals surface area contributed by atoms with E-state index in [1.807, 2.05) is 60.5 Å². The molecular formula is C61H92Br2N14O12. The number of fused-ring (bicyclic) bond motifs is 1. The Morgan fingerprint density at radius 2 is 1.25 bits per heavy atom. The lowest BCUT2D eigenvalue weighted by atomic mass is 9.89. The highest BCUT2D eigenvalue weighted by Gasteiger charge is 2.43. The second-order valence-corrected chi connectivity index (χ2v) is 24.4. The van der Waals surface area contributed by atoms with E-state index in [1.165, 1.54) is 14.2 Å². The van der Waals surface area contributed by atoms with Gasteiger partial charge in [-0.05, 0) is 87.0 Å². The number of rotatable bonds is 35. The average Bonchev–Trinajstić information content (AvgIpc) is 3.57. The zero-order chi connectivity index (χ0) is 66.2. The fourth-order valence-electron chi connectivity index (χ4n) is 10.9. The number of methoxy groups -OCH3 is 2. The average molecular weight is 1370 g/mol. The summed E-state index contributed by atoms with van der Waals surface area (Å²) in [6.07, 6.45) is 0.963. The van der Waals surface area contributed by atoms with Crippen LogP contribution in [0.2, 0.25) is 0 Å². The standard InChI is InChI=1S/C61H92Br2N14O12/c1-13-36(6)56(76(10)61(87)54(34(2)3)74-60(86)55(35(4)5)75(8)9)47(88-11)25-53(83)77-22-14-15-46(77)57(89-12)37(7)58(84)71-41(28-64)23-38-16-19-40(20-17-38)70-52(82)33-68-50(80)31-66-48(78)29-65-49(79)30-67-51(81)32-69-59(85)39-18-21-42-43(24-39)73-45(27-63)44(26-62)72-42/h16-21,24,34-37,41,46-47,54-57H,13-15,22-23,25-33,64H2,1-12H3,(H,65,79)(H,66,78)(H,67,81)(H,68,80)(H,69,85)(H,70,82)(H,71,84)(H,74,86)/t36-,37+,41-,46-,47+,54-,55-,56-,57+/m0/s1. The van der Waals surface area contributed by atoms with E-state index in [-0.39, 0.29) is 59.9 Å². The molecule has 10 amide bonds. The summed E-state index contributed by atoms with van der Waals surface area (Å²) >= 11 is 6.78. The largest absolute Gasteiger partial charge is 0.379 e. The van der Waals surface area contributed by atoms with Gasteiger partial charge in [0, 0.05) is 62.3 Å². The number of anilines is 1. The summed E-state index contributed by atoms with van der Waals surface area (Å²) in [4.78, 5) is 145. The van der Waals surface area contributed by atoms with Crippen LogP contribution in [0.25, 0.3) is 11.0 Å². The lowest BCUT2D eigenvalue weighted by Crippen LogP contribution is -2.59.